The van der Waals surface area contributed by atoms with Gasteiger partial charge in [0.25, 0.3) is 0 Å². The van der Waals surface area contributed by atoms with Gasteiger partial charge in [0.2, 0.25) is 10.5 Å². The first kappa shape index (κ1) is 8.49. The maximum absolute atomic E-state index is 8.55. The molecule has 8 heavy (non-hydrogen) atoms. The monoisotopic (exact) mass is 164 g/mol. The van der Waals surface area contributed by atoms with E-state index in [9.17, 15) is 0 Å². The molecule has 0 atom stereocenters. The van der Waals surface area contributed by atoms with Gasteiger partial charge in [-0.15, -0.1) is 0 Å². The van der Waals surface area contributed by atoms with Crippen molar-refractivity contribution in [2.24, 2.45) is 0 Å². The third-order valence-electron chi connectivity index (χ3n) is 0.345. The highest BCUT2D eigenvalue weighted by Crippen LogP contribution is 1.76. The van der Waals surface area contributed by atoms with Crippen molar-refractivity contribution in [2.45, 2.75) is 0 Å². The minimum absolute atomic E-state index is 0.214. The lowest BCUT2D eigenvalue weighted by molar-refractivity contribution is 0.233. The van der Waals surface area contributed by atoms with E-state index in [4.69, 9.17) is 4.80 Å². The van der Waals surface area contributed by atoms with Gasteiger partial charge in [-0.05, 0) is 0 Å². The molecule has 0 aromatic heterocycles. The van der Waals surface area contributed by atoms with Crippen molar-refractivity contribution < 1.29 is 17.5 Å². The molecule has 0 heterocycles. The SMILES string of the molecule is CO[Si](O)O[Si]O[Si]. The number of hydrogen-bond donors (Lipinski definition) is 1. The van der Waals surface area contributed by atoms with E-state index in [0.29, 0.717) is 0 Å². The van der Waals surface area contributed by atoms with Gasteiger partial charge in [-0.1, -0.05) is 0 Å². The molecule has 0 amide bonds. The number of hydrogen-bond acceptors (Lipinski definition) is 4. The Kier molecular flexibility index (Phi) is 5.97. The highest BCUT2D eigenvalue weighted by atomic mass is 28.4. The summed E-state index contributed by atoms with van der Waals surface area (Å²) in [7, 11) is 1.80. The highest BCUT2D eigenvalue weighted by Gasteiger charge is 2.09. The largest absolute Gasteiger partial charge is 0.564 e. The molecule has 0 unspecified atom stereocenters. The Bertz CT molecular complexity index is 50.5. The topological polar surface area (TPSA) is 47.9 Å². The molecule has 0 aliphatic heterocycles. The van der Waals surface area contributed by atoms with Crippen LogP contribution in [0.5, 0.6) is 0 Å². The van der Waals surface area contributed by atoms with Crippen molar-refractivity contribution in [1.29, 1.82) is 0 Å². The first-order valence-corrected chi connectivity index (χ1v) is 4.14. The van der Waals surface area contributed by atoms with Gasteiger partial charge < -0.3 is 17.5 Å². The van der Waals surface area contributed by atoms with Crippen molar-refractivity contribution in [3.8, 4) is 0 Å². The molecule has 1 N–H and O–H groups in total. The summed E-state index contributed by atoms with van der Waals surface area (Å²) >= 11 is 0. The van der Waals surface area contributed by atoms with Crippen molar-refractivity contribution in [3.63, 3.8) is 0 Å². The summed E-state index contributed by atoms with van der Waals surface area (Å²) in [6.07, 6.45) is 0. The lowest BCUT2D eigenvalue weighted by Gasteiger charge is -2.00. The van der Waals surface area contributed by atoms with E-state index in [1.165, 1.54) is 7.11 Å². The summed E-state index contributed by atoms with van der Waals surface area (Å²) in [5, 5.41) is 0. The van der Waals surface area contributed by atoms with Gasteiger partial charge >= 0.3 is 19.5 Å². The van der Waals surface area contributed by atoms with Crippen molar-refractivity contribution in [2.75, 3.05) is 7.11 Å². The molecule has 0 saturated heterocycles. The summed E-state index contributed by atoms with van der Waals surface area (Å²) < 4.78 is 13.2. The Morgan fingerprint density at radius 1 is 1.75 bits per heavy atom. The molecular formula is CH4O4Si3. The van der Waals surface area contributed by atoms with E-state index >= 15 is 0 Å². The molecule has 0 aromatic rings. The summed E-state index contributed by atoms with van der Waals surface area (Å²) in [4.78, 5) is 8.55. The second kappa shape index (κ2) is 5.62. The van der Waals surface area contributed by atoms with Crippen LogP contribution in [0.1, 0.15) is 0 Å². The third kappa shape index (κ3) is 4.64. The summed E-state index contributed by atoms with van der Waals surface area (Å²) in [6, 6.07) is 0. The Balaban J connectivity index is 2.86. The Labute approximate surface area is 55.3 Å². The second-order valence-corrected chi connectivity index (χ2v) is 3.50. The lowest BCUT2D eigenvalue weighted by Crippen LogP contribution is -2.23. The van der Waals surface area contributed by atoms with Crippen molar-refractivity contribution >= 4 is 30.0 Å². The maximum atomic E-state index is 8.55. The van der Waals surface area contributed by atoms with Gasteiger partial charge in [-0.25, -0.2) is 0 Å². The fourth-order valence-corrected chi connectivity index (χ4v) is 1.26. The van der Waals surface area contributed by atoms with Gasteiger partial charge in [-0.3, -0.25) is 0 Å². The first-order valence-electron chi connectivity index (χ1n) is 1.65. The lowest BCUT2D eigenvalue weighted by atomic mass is 11.8. The fraction of sp³-hybridized carbons (Fsp3) is 1.00. The molecule has 7 heteroatoms. The van der Waals surface area contributed by atoms with Crippen LogP contribution in [0.15, 0.2) is 0 Å². The molecule has 4 nitrogen and oxygen atoms in total. The Hall–Kier alpha value is 0.491. The molecule has 0 aromatic carbocycles. The standard InChI is InChI=1S/CH4O4Si3/c1-3-8(2)5-7-4-6/h2H,1H3. The first-order chi connectivity index (χ1) is 3.81. The fourth-order valence-electron chi connectivity index (χ4n) is 0.0981. The smallest absolute Gasteiger partial charge is 0.435 e. The van der Waals surface area contributed by atoms with Crippen LogP contribution in [0.2, 0.25) is 0 Å². The predicted molar refractivity (Wildman–Crippen MR) is 28.7 cm³/mol. The molecular weight excluding hydrogens is 160 g/mol. The minimum atomic E-state index is -2.04. The summed E-state index contributed by atoms with van der Waals surface area (Å²) in [6.45, 7) is 0. The molecule has 0 fully saturated rings. The van der Waals surface area contributed by atoms with Crippen molar-refractivity contribution in [1.82, 2.24) is 0 Å². The van der Waals surface area contributed by atoms with Gasteiger partial charge in [0.15, 0.2) is 0 Å². The van der Waals surface area contributed by atoms with E-state index in [-0.39, 0.29) is 10.0 Å². The van der Waals surface area contributed by atoms with Gasteiger partial charge in [0, 0.05) is 7.11 Å². The van der Waals surface area contributed by atoms with E-state index in [1.54, 1.807) is 0 Å². The van der Waals surface area contributed by atoms with Crippen LogP contribution in [-0.2, 0) is 12.7 Å². The zero-order valence-electron chi connectivity index (χ0n) is 4.17. The zero-order chi connectivity index (χ0) is 6.41. The van der Waals surface area contributed by atoms with E-state index in [1.807, 2.05) is 0 Å². The van der Waals surface area contributed by atoms with E-state index in [2.05, 4.69) is 23.1 Å². The molecule has 0 spiro atoms. The number of rotatable bonds is 4. The summed E-state index contributed by atoms with van der Waals surface area (Å²) in [5.74, 6) is 0. The molecule has 0 saturated carbocycles. The molecule has 0 aliphatic carbocycles. The van der Waals surface area contributed by atoms with Gasteiger partial charge in [-0.2, -0.15) is 0 Å². The highest BCUT2D eigenvalue weighted by molar-refractivity contribution is 6.45. The summed E-state index contributed by atoms with van der Waals surface area (Å²) in [5.41, 5.74) is 0. The van der Waals surface area contributed by atoms with Gasteiger partial charge in [0.1, 0.15) is 0 Å². The van der Waals surface area contributed by atoms with E-state index in [0.717, 1.165) is 0 Å². The average Bonchev–Trinajstić information content (AvgIpc) is 1.83. The average molecular weight is 164 g/mol. The van der Waals surface area contributed by atoms with Crippen LogP contribution < -0.4 is 0 Å². The zero-order valence-corrected chi connectivity index (χ0v) is 7.17. The van der Waals surface area contributed by atoms with Crippen LogP contribution in [0.4, 0.5) is 0 Å². The normalized spacial score (nSPS) is 10.5. The molecule has 0 bridgehead atoms. The van der Waals surface area contributed by atoms with Crippen LogP contribution >= 0.6 is 0 Å². The second-order valence-electron chi connectivity index (χ2n) is 0.757. The predicted octanol–water partition coefficient (Wildman–Crippen LogP) is -1.74. The minimum Gasteiger partial charge on any atom is -0.435 e. The molecule has 44 valence electrons. The van der Waals surface area contributed by atoms with Crippen LogP contribution in [0.25, 0.3) is 0 Å². The van der Waals surface area contributed by atoms with E-state index < -0.39 is 9.53 Å². The third-order valence-corrected chi connectivity index (χ3v) is 2.06. The van der Waals surface area contributed by atoms with Crippen molar-refractivity contribution in [3.05, 3.63) is 0 Å². The maximum Gasteiger partial charge on any atom is 0.564 e. The molecule has 0 aliphatic rings. The molecule has 6 radical (unpaired) electrons. The molecule has 0 rings (SSSR count). The van der Waals surface area contributed by atoms with Crippen LogP contribution in [0, 0.1) is 0 Å². The van der Waals surface area contributed by atoms with Gasteiger partial charge in [0.05, 0.1) is 0 Å². The quantitative estimate of drug-likeness (QED) is 0.501. The Morgan fingerprint density at radius 2 is 2.38 bits per heavy atom. The van der Waals surface area contributed by atoms with Crippen LogP contribution in [0.3, 0.4) is 0 Å². The van der Waals surface area contributed by atoms with Crippen LogP contribution in [-0.4, -0.2) is 41.9 Å². The Morgan fingerprint density at radius 3 is 2.75 bits per heavy atom.